The largest absolute Gasteiger partial charge is 0.496 e. The molecule has 6 nitrogen and oxygen atoms in total. The first-order valence-corrected chi connectivity index (χ1v) is 6.90. The molecule has 21 heavy (non-hydrogen) atoms. The summed E-state index contributed by atoms with van der Waals surface area (Å²) in [5.74, 6) is 0.869. The van der Waals surface area contributed by atoms with Crippen LogP contribution in [0.15, 0.2) is 23.2 Å². The van der Waals surface area contributed by atoms with Crippen LogP contribution in [-0.4, -0.2) is 39.2 Å². The molecule has 1 fully saturated rings. The van der Waals surface area contributed by atoms with Gasteiger partial charge in [-0.3, -0.25) is 4.99 Å². The molecule has 0 bridgehead atoms. The Morgan fingerprint density at radius 1 is 1.38 bits per heavy atom. The zero-order valence-electron chi connectivity index (χ0n) is 12.6. The summed E-state index contributed by atoms with van der Waals surface area (Å²) in [7, 11) is 4.63. The number of ether oxygens (including phenoxy) is 2. The highest BCUT2D eigenvalue weighted by Crippen LogP contribution is 2.21. The average molecular weight is 291 g/mol. The third-order valence-corrected chi connectivity index (χ3v) is 3.27. The normalized spacial score (nSPS) is 14.5. The Morgan fingerprint density at radius 3 is 2.71 bits per heavy atom. The van der Waals surface area contributed by atoms with Gasteiger partial charge in [0.05, 0.1) is 14.2 Å². The number of guanidine groups is 1. The van der Waals surface area contributed by atoms with Crippen LogP contribution in [0.2, 0.25) is 0 Å². The van der Waals surface area contributed by atoms with E-state index in [0.717, 1.165) is 11.5 Å². The molecule has 1 aromatic carbocycles. The molecule has 0 unspecified atom stereocenters. The van der Waals surface area contributed by atoms with Crippen molar-refractivity contribution in [2.24, 2.45) is 4.99 Å². The van der Waals surface area contributed by atoms with Gasteiger partial charge in [0.25, 0.3) is 0 Å². The highest BCUT2D eigenvalue weighted by Gasteiger charge is 2.22. The van der Waals surface area contributed by atoms with E-state index in [4.69, 9.17) is 9.47 Å². The smallest absolute Gasteiger partial charge is 0.341 e. The molecule has 6 heteroatoms. The number of rotatable bonds is 5. The quantitative estimate of drug-likeness (QED) is 0.486. The van der Waals surface area contributed by atoms with Crippen LogP contribution in [-0.2, 0) is 11.3 Å². The average Bonchev–Trinajstić information content (AvgIpc) is 3.34. The number of hydrogen-bond donors (Lipinski definition) is 2. The lowest BCUT2D eigenvalue weighted by atomic mass is 10.1. The second-order valence-electron chi connectivity index (χ2n) is 4.87. The summed E-state index contributed by atoms with van der Waals surface area (Å²) in [5.41, 5.74) is 1.37. The fraction of sp³-hybridized carbons (Fsp3) is 0.467. The van der Waals surface area contributed by atoms with Crippen LogP contribution >= 0.6 is 0 Å². The van der Waals surface area contributed by atoms with Gasteiger partial charge in [0, 0.05) is 19.6 Å². The monoisotopic (exact) mass is 291 g/mol. The maximum Gasteiger partial charge on any atom is 0.341 e. The van der Waals surface area contributed by atoms with Gasteiger partial charge in [-0.05, 0) is 30.5 Å². The molecule has 0 amide bonds. The Hall–Kier alpha value is -2.24. The molecule has 2 rings (SSSR count). The molecule has 1 aliphatic carbocycles. The maximum atomic E-state index is 11.7. The van der Waals surface area contributed by atoms with E-state index in [-0.39, 0.29) is 0 Å². The van der Waals surface area contributed by atoms with Gasteiger partial charge >= 0.3 is 5.97 Å². The standard InChI is InChI=1S/C15H21N3O3/c1-16-15(18-11-5-6-11)17-9-10-4-7-13(20-2)12(8-10)14(19)21-3/h4,7-8,11H,5-6,9H2,1-3H3,(H2,16,17,18). The molecule has 114 valence electrons. The number of esters is 1. The number of nitrogens with zero attached hydrogens (tertiary/aromatic N) is 1. The van der Waals surface area contributed by atoms with Crippen molar-refractivity contribution in [3.63, 3.8) is 0 Å². The highest BCUT2D eigenvalue weighted by atomic mass is 16.5. The third-order valence-electron chi connectivity index (χ3n) is 3.27. The first-order chi connectivity index (χ1) is 10.2. The lowest BCUT2D eigenvalue weighted by molar-refractivity contribution is 0.0597. The second kappa shape index (κ2) is 6.97. The molecule has 1 saturated carbocycles. The zero-order chi connectivity index (χ0) is 15.2. The van der Waals surface area contributed by atoms with Crippen LogP contribution < -0.4 is 15.4 Å². The van der Waals surface area contributed by atoms with Crippen LogP contribution in [0, 0.1) is 0 Å². The first kappa shape index (κ1) is 15.2. The fourth-order valence-electron chi connectivity index (χ4n) is 1.94. The topological polar surface area (TPSA) is 72.0 Å². The van der Waals surface area contributed by atoms with Crippen LogP contribution in [0.3, 0.4) is 0 Å². The van der Waals surface area contributed by atoms with E-state index < -0.39 is 5.97 Å². The Kier molecular flexibility index (Phi) is 5.03. The van der Waals surface area contributed by atoms with Gasteiger partial charge in [-0.1, -0.05) is 6.07 Å². The van der Waals surface area contributed by atoms with Crippen LogP contribution in [0.5, 0.6) is 5.75 Å². The van der Waals surface area contributed by atoms with Crippen molar-refractivity contribution in [1.29, 1.82) is 0 Å². The molecule has 0 heterocycles. The second-order valence-corrected chi connectivity index (χ2v) is 4.87. The van der Waals surface area contributed by atoms with Gasteiger partial charge in [0.2, 0.25) is 0 Å². The molecule has 0 radical (unpaired) electrons. The summed E-state index contributed by atoms with van der Waals surface area (Å²) < 4.78 is 9.94. The number of benzene rings is 1. The summed E-state index contributed by atoms with van der Waals surface area (Å²) in [5, 5.41) is 6.53. The molecule has 1 aromatic rings. The Bertz CT molecular complexity index is 539. The minimum absolute atomic E-state index is 0.408. The van der Waals surface area contributed by atoms with Gasteiger partial charge in [-0.25, -0.2) is 4.79 Å². The molecule has 0 spiro atoms. The number of nitrogens with one attached hydrogen (secondary N) is 2. The SMILES string of the molecule is CN=C(NCc1ccc(OC)c(C(=O)OC)c1)NC1CC1. The summed E-state index contributed by atoms with van der Waals surface area (Å²) in [6, 6.07) is 5.98. The van der Waals surface area contributed by atoms with Crippen LogP contribution in [0.25, 0.3) is 0 Å². The van der Waals surface area contributed by atoms with Gasteiger partial charge in [0.15, 0.2) is 5.96 Å². The van der Waals surface area contributed by atoms with E-state index in [1.807, 2.05) is 6.07 Å². The molecular formula is C15H21N3O3. The van der Waals surface area contributed by atoms with Crippen molar-refractivity contribution >= 4 is 11.9 Å². The molecule has 0 aliphatic heterocycles. The summed E-state index contributed by atoms with van der Waals surface area (Å²) >= 11 is 0. The van der Waals surface area contributed by atoms with Crippen molar-refractivity contribution in [2.75, 3.05) is 21.3 Å². The van der Waals surface area contributed by atoms with Crippen LogP contribution in [0.4, 0.5) is 0 Å². The van der Waals surface area contributed by atoms with Gasteiger partial charge in [0.1, 0.15) is 11.3 Å². The van der Waals surface area contributed by atoms with E-state index in [0.29, 0.717) is 23.9 Å². The molecule has 0 aromatic heterocycles. The number of carbonyl (C=O) groups excluding carboxylic acids is 1. The Morgan fingerprint density at radius 2 is 2.14 bits per heavy atom. The number of methoxy groups -OCH3 is 2. The number of aliphatic imine (C=N–C) groups is 1. The van der Waals surface area contributed by atoms with Crippen molar-refractivity contribution in [3.8, 4) is 5.75 Å². The highest BCUT2D eigenvalue weighted by molar-refractivity contribution is 5.92. The number of carbonyl (C=O) groups is 1. The predicted molar refractivity (Wildman–Crippen MR) is 80.7 cm³/mol. The third kappa shape index (κ3) is 4.11. The van der Waals surface area contributed by atoms with Crippen molar-refractivity contribution in [1.82, 2.24) is 10.6 Å². The summed E-state index contributed by atoms with van der Waals surface area (Å²) in [6.07, 6.45) is 2.38. The van der Waals surface area contributed by atoms with E-state index in [1.54, 1.807) is 19.2 Å². The molecule has 1 aliphatic rings. The lowest BCUT2D eigenvalue weighted by Gasteiger charge is -2.13. The van der Waals surface area contributed by atoms with E-state index in [9.17, 15) is 4.79 Å². The van der Waals surface area contributed by atoms with E-state index in [2.05, 4.69) is 15.6 Å². The Labute approximate surface area is 124 Å². The number of hydrogen-bond acceptors (Lipinski definition) is 4. The molecule has 0 saturated heterocycles. The van der Waals surface area contributed by atoms with E-state index >= 15 is 0 Å². The van der Waals surface area contributed by atoms with E-state index in [1.165, 1.54) is 27.1 Å². The van der Waals surface area contributed by atoms with Gasteiger partial charge in [-0.15, -0.1) is 0 Å². The molecule has 0 atom stereocenters. The first-order valence-electron chi connectivity index (χ1n) is 6.90. The summed E-state index contributed by atoms with van der Waals surface area (Å²) in [6.45, 7) is 0.570. The lowest BCUT2D eigenvalue weighted by Crippen LogP contribution is -2.38. The van der Waals surface area contributed by atoms with Crippen molar-refractivity contribution in [2.45, 2.75) is 25.4 Å². The summed E-state index contributed by atoms with van der Waals surface area (Å²) in [4.78, 5) is 15.9. The Balaban J connectivity index is 2.03. The van der Waals surface area contributed by atoms with Crippen LogP contribution in [0.1, 0.15) is 28.8 Å². The zero-order valence-corrected chi connectivity index (χ0v) is 12.6. The maximum absolute atomic E-state index is 11.7. The molecular weight excluding hydrogens is 270 g/mol. The predicted octanol–water partition coefficient (Wildman–Crippen LogP) is 1.31. The fourth-order valence-corrected chi connectivity index (χ4v) is 1.94. The minimum atomic E-state index is -0.408. The van der Waals surface area contributed by atoms with Crippen molar-refractivity contribution < 1.29 is 14.3 Å². The van der Waals surface area contributed by atoms with Crippen molar-refractivity contribution in [3.05, 3.63) is 29.3 Å². The van der Waals surface area contributed by atoms with Gasteiger partial charge in [-0.2, -0.15) is 0 Å². The minimum Gasteiger partial charge on any atom is -0.496 e. The van der Waals surface area contributed by atoms with Gasteiger partial charge < -0.3 is 20.1 Å². The molecule has 2 N–H and O–H groups in total.